The number of rotatable bonds is 4. The molecule has 0 N–H and O–H groups in total. The Kier molecular flexibility index (Phi) is 4.85. The van der Waals surface area contributed by atoms with Crippen LogP contribution in [0.25, 0.3) is 11.0 Å². The fourth-order valence-electron chi connectivity index (χ4n) is 1.25. The van der Waals surface area contributed by atoms with Crippen molar-refractivity contribution in [2.45, 2.75) is 0 Å². The van der Waals surface area contributed by atoms with Crippen LogP contribution < -0.4 is 4.84 Å². The molecule has 0 amide bonds. The van der Waals surface area contributed by atoms with E-state index in [9.17, 15) is 25.2 Å². The zero-order valence-corrected chi connectivity index (χ0v) is 14.3. The van der Waals surface area contributed by atoms with Crippen LogP contribution in [-0.4, -0.2) is 59.7 Å². The molecule has 2 aromatic rings. The van der Waals surface area contributed by atoms with Crippen LogP contribution in [0.3, 0.4) is 0 Å². The topological polar surface area (TPSA) is 43.2 Å². The Labute approximate surface area is 133 Å². The number of para-hydroxylation sites is 1. The maximum atomic E-state index is 9.87. The van der Waals surface area contributed by atoms with Gasteiger partial charge in [0, 0.05) is 14.1 Å². The predicted molar refractivity (Wildman–Crippen MR) is 78.3 cm³/mol. The molecule has 0 unspecified atom stereocenters. The molecule has 24 heavy (non-hydrogen) atoms. The first-order chi connectivity index (χ1) is 10.5. The summed E-state index contributed by atoms with van der Waals surface area (Å²) in [5.41, 5.74) is 1.72. The normalized spacial score (nSPS) is 15.5. The van der Waals surface area contributed by atoms with Crippen molar-refractivity contribution < 1.29 is 34.6 Å². The van der Waals surface area contributed by atoms with E-state index >= 15 is 0 Å². The van der Waals surface area contributed by atoms with Crippen molar-refractivity contribution in [2.24, 2.45) is 0 Å². The van der Waals surface area contributed by atoms with E-state index in [4.69, 9.17) is 4.84 Å². The van der Waals surface area contributed by atoms with E-state index < -0.39 is 7.81 Å². The number of benzene rings is 1. The Morgan fingerprint density at radius 1 is 1.08 bits per heavy atom. The number of halogens is 6. The molecule has 1 heterocycles. The van der Waals surface area contributed by atoms with Gasteiger partial charge < -0.3 is 4.84 Å². The van der Waals surface area contributed by atoms with E-state index in [1.807, 2.05) is 38.4 Å². The van der Waals surface area contributed by atoms with Crippen molar-refractivity contribution in [1.82, 2.24) is 20.2 Å². The standard InChI is InChI=1S/C11H18N5O.F6P/c1-14(2)16(3,4)9-17-15-11-8-6-5-7-10(11)12-13-15;1-7(2,3,4,5)6/h5-8H,9H2,1-4H3;/q+1;-1. The average Bonchev–Trinajstić information content (AvgIpc) is 2.76. The third kappa shape index (κ3) is 8.27. The molecule has 0 radical (unpaired) electrons. The van der Waals surface area contributed by atoms with Crippen LogP contribution in [-0.2, 0) is 0 Å². The van der Waals surface area contributed by atoms with E-state index in [1.165, 1.54) is 4.85 Å². The molecule has 1 aromatic heterocycles. The zero-order chi connectivity index (χ0) is 18.9. The summed E-state index contributed by atoms with van der Waals surface area (Å²) < 4.78 is 59.8. The first kappa shape index (κ1) is 20.4. The second-order valence-corrected chi connectivity index (χ2v) is 7.55. The Hall–Kier alpha value is -1.65. The molecule has 0 saturated heterocycles. The molecule has 0 aliphatic carbocycles. The van der Waals surface area contributed by atoms with Gasteiger partial charge in [-0.1, -0.05) is 17.0 Å². The van der Waals surface area contributed by atoms with E-state index in [0.717, 1.165) is 11.0 Å². The van der Waals surface area contributed by atoms with Gasteiger partial charge >= 0.3 is 33.0 Å². The van der Waals surface area contributed by atoms with Crippen molar-refractivity contribution in [3.63, 3.8) is 0 Å². The summed E-state index contributed by atoms with van der Waals surface area (Å²) in [4.78, 5) is 7.13. The number of hydrogen-bond donors (Lipinski definition) is 0. The number of hydrogen-bond acceptors (Lipinski definition) is 4. The Morgan fingerprint density at radius 2 is 1.58 bits per heavy atom. The van der Waals surface area contributed by atoms with Crippen LogP contribution in [0.5, 0.6) is 0 Å². The molecule has 0 fully saturated rings. The van der Waals surface area contributed by atoms with Crippen molar-refractivity contribution in [3.8, 4) is 0 Å². The summed E-state index contributed by atoms with van der Waals surface area (Å²) in [6.45, 7) is 0.486. The van der Waals surface area contributed by atoms with Crippen molar-refractivity contribution in [1.29, 1.82) is 0 Å². The third-order valence-corrected chi connectivity index (χ3v) is 2.90. The van der Waals surface area contributed by atoms with Gasteiger partial charge in [-0.3, -0.25) is 0 Å². The molecule has 0 aliphatic heterocycles. The average molecular weight is 381 g/mol. The molecule has 0 spiro atoms. The molecule has 13 heteroatoms. The summed E-state index contributed by atoms with van der Waals surface area (Å²) in [5, 5.41) is 10.1. The van der Waals surface area contributed by atoms with Gasteiger partial charge in [-0.2, -0.15) is 5.01 Å². The molecule has 0 saturated carbocycles. The predicted octanol–water partition coefficient (Wildman–Crippen LogP) is 3.75. The number of fused-ring (bicyclic) bond motifs is 1. The summed E-state index contributed by atoms with van der Waals surface area (Å²) >= 11 is 0. The van der Waals surface area contributed by atoms with Crippen molar-refractivity contribution in [2.75, 3.05) is 34.9 Å². The van der Waals surface area contributed by atoms with E-state index in [1.54, 1.807) is 0 Å². The maximum absolute atomic E-state index is 10.7. The van der Waals surface area contributed by atoms with Gasteiger partial charge in [0.05, 0.1) is 14.1 Å². The SMILES string of the molecule is CN(C)[N+](C)(C)COn1nnc2ccccc21.F[P-](F)(F)(F)(F)F. The first-order valence-corrected chi connectivity index (χ1v) is 8.49. The van der Waals surface area contributed by atoms with Crippen LogP contribution in [0.1, 0.15) is 0 Å². The fraction of sp³-hybridized carbons (Fsp3) is 0.455. The van der Waals surface area contributed by atoms with Gasteiger partial charge in [-0.05, 0) is 17.3 Å². The van der Waals surface area contributed by atoms with Gasteiger partial charge in [0.1, 0.15) is 11.0 Å². The molecule has 0 atom stereocenters. The molecule has 0 aliphatic rings. The summed E-state index contributed by atoms with van der Waals surface area (Å²) in [6, 6.07) is 7.72. The quantitative estimate of drug-likeness (QED) is 0.266. The minimum absolute atomic E-state index is 0.486. The second-order valence-electron chi connectivity index (χ2n) is 5.64. The van der Waals surface area contributed by atoms with E-state index in [-0.39, 0.29) is 0 Å². The van der Waals surface area contributed by atoms with Crippen LogP contribution in [0.4, 0.5) is 25.2 Å². The number of nitrogens with zero attached hydrogens (tertiary/aromatic N) is 5. The Balaban J connectivity index is 0.000000351. The summed E-state index contributed by atoms with van der Waals surface area (Å²) in [7, 11) is -2.54. The van der Waals surface area contributed by atoms with Crippen LogP contribution in [0.2, 0.25) is 0 Å². The fourth-order valence-corrected chi connectivity index (χ4v) is 1.25. The first-order valence-electron chi connectivity index (χ1n) is 6.47. The zero-order valence-electron chi connectivity index (χ0n) is 13.4. The molecular weight excluding hydrogens is 363 g/mol. The van der Waals surface area contributed by atoms with Gasteiger partial charge in [-0.25, -0.2) is 4.59 Å². The summed E-state index contributed by atoms with van der Waals surface area (Å²) in [5.74, 6) is 0. The number of aromatic nitrogens is 3. The second kappa shape index (κ2) is 5.71. The molecular formula is C11H18F6N5OP. The van der Waals surface area contributed by atoms with Crippen LogP contribution in [0.15, 0.2) is 24.3 Å². The monoisotopic (exact) mass is 381 g/mol. The Bertz CT molecular complexity index is 688. The molecule has 2 rings (SSSR count). The van der Waals surface area contributed by atoms with Gasteiger partial charge in [0.2, 0.25) is 0 Å². The molecule has 140 valence electrons. The van der Waals surface area contributed by atoms with Gasteiger partial charge in [0.15, 0.2) is 0 Å². The van der Waals surface area contributed by atoms with Crippen molar-refractivity contribution >= 4 is 18.8 Å². The van der Waals surface area contributed by atoms with Crippen LogP contribution >= 0.6 is 7.81 Å². The summed E-state index contributed by atoms with van der Waals surface area (Å²) in [6.07, 6.45) is 0. The third-order valence-electron chi connectivity index (χ3n) is 2.90. The Morgan fingerprint density at radius 3 is 2.08 bits per heavy atom. The molecule has 6 nitrogen and oxygen atoms in total. The molecule has 0 bridgehead atoms. The molecule has 1 aromatic carbocycles. The van der Waals surface area contributed by atoms with Gasteiger partial charge in [-0.15, -0.1) is 5.10 Å². The van der Waals surface area contributed by atoms with Crippen molar-refractivity contribution in [3.05, 3.63) is 24.3 Å². The van der Waals surface area contributed by atoms with Crippen LogP contribution in [0, 0.1) is 0 Å². The van der Waals surface area contributed by atoms with Gasteiger partial charge in [0.25, 0.3) is 6.73 Å². The minimum atomic E-state index is -10.7. The number of quaternary nitrogens is 1. The van der Waals surface area contributed by atoms with E-state index in [0.29, 0.717) is 11.3 Å². The van der Waals surface area contributed by atoms with E-state index in [2.05, 4.69) is 29.4 Å².